The highest BCUT2D eigenvalue weighted by Gasteiger charge is 2.26. The first-order chi connectivity index (χ1) is 58.5. The Morgan fingerprint density at radius 1 is 0.178 bits per heavy atom. The summed E-state index contributed by atoms with van der Waals surface area (Å²) < 4.78 is 18.8. The summed E-state index contributed by atoms with van der Waals surface area (Å²) in [6.07, 6.45) is 0. The number of benzene rings is 17. The molecule has 0 aliphatic rings. The van der Waals surface area contributed by atoms with Crippen molar-refractivity contribution in [3.63, 3.8) is 0 Å². The summed E-state index contributed by atoms with van der Waals surface area (Å²) in [5.74, 6) is 2.43. The van der Waals surface area contributed by atoms with Gasteiger partial charge in [0.2, 0.25) is 0 Å². The van der Waals surface area contributed by atoms with Gasteiger partial charge in [0.05, 0.1) is 33.5 Å². The second-order valence-electron chi connectivity index (χ2n) is 30.2. The van der Waals surface area contributed by atoms with E-state index in [0.29, 0.717) is 23.3 Å². The van der Waals surface area contributed by atoms with Crippen LogP contribution >= 0.6 is 0 Å². The molecule has 6 aromatic heterocycles. The summed E-state index contributed by atoms with van der Waals surface area (Å²) in [7, 11) is 0. The zero-order valence-electron chi connectivity index (χ0n) is 63.6. The highest BCUT2D eigenvalue weighted by atomic mass is 16.3. The molecule has 0 atom stereocenters. The van der Waals surface area contributed by atoms with Crippen LogP contribution in [0, 0.1) is 0 Å². The van der Waals surface area contributed by atoms with E-state index in [2.05, 4.69) is 319 Å². The van der Waals surface area contributed by atoms with Crippen LogP contribution in [0.4, 0.5) is 0 Å². The quantitative estimate of drug-likeness (QED) is 0.107. The fraction of sp³-hybridized carbons (Fsp3) is 0. The fourth-order valence-electron chi connectivity index (χ4n) is 17.6. The second kappa shape index (κ2) is 28.0. The molecule has 9 nitrogen and oxygen atoms in total. The summed E-state index contributed by atoms with van der Waals surface area (Å²) in [6.45, 7) is 0. The molecule has 0 bridgehead atoms. The Balaban J connectivity index is 0.598. The van der Waals surface area contributed by atoms with E-state index in [1.807, 2.05) is 97.1 Å². The van der Waals surface area contributed by atoms with E-state index >= 15 is 0 Å². The first-order valence-corrected chi connectivity index (χ1v) is 39.8. The second-order valence-corrected chi connectivity index (χ2v) is 30.2. The standard InChI is InChI=1S/C109H67N7O2/c1-7-26-68(27-8-1)76-38-23-39-78(60-76)89-63-80(64-93-103-85(42-24-47-101(103)118-105(89)93)95-67-94(72-30-11-3-12-31-72)110-106(111-95)73-32-13-4-14-33-73)77-52-58-98-90(61-77)83-40-19-21-44-96(83)115(98)81-54-48-69(49-55-81)70-50-56-82(57-51-70)116-97-45-22-20-41-84(97)91-62-79(53-59-99(91)116)87-65-92-102(66-88(87)71-28-9-2-10-29-71)117-100-46-25-43-86(104(92)100)109-113-107(74-34-15-5-16-35-74)112-108(114-109)75-36-17-6-18-37-75/h1-67H. The molecule has 0 saturated carbocycles. The minimum absolute atomic E-state index is 0.571. The molecule has 0 aliphatic heterocycles. The third-order valence-corrected chi connectivity index (χ3v) is 23.2. The minimum Gasteiger partial charge on any atom is -0.456 e. The van der Waals surface area contributed by atoms with Crippen molar-refractivity contribution in [3.05, 3.63) is 406 Å². The van der Waals surface area contributed by atoms with Gasteiger partial charge in [-0.15, -0.1) is 0 Å². The first-order valence-electron chi connectivity index (χ1n) is 39.8. The normalized spacial score (nSPS) is 11.7. The number of nitrogens with zero attached hydrogens (tertiary/aromatic N) is 7. The number of furan rings is 2. The third-order valence-electron chi connectivity index (χ3n) is 23.2. The van der Waals surface area contributed by atoms with Gasteiger partial charge in [-0.1, -0.05) is 297 Å². The lowest BCUT2D eigenvalue weighted by Crippen LogP contribution is -2.00. The van der Waals surface area contributed by atoms with Crippen molar-refractivity contribution in [3.8, 4) is 146 Å². The molecule has 23 aromatic rings. The zero-order chi connectivity index (χ0) is 77.7. The summed E-state index contributed by atoms with van der Waals surface area (Å²) in [5.41, 5.74) is 30.1. The maximum absolute atomic E-state index is 7.15. The number of hydrogen-bond acceptors (Lipinski definition) is 7. The van der Waals surface area contributed by atoms with Crippen molar-refractivity contribution < 1.29 is 8.83 Å². The molecule has 550 valence electrons. The number of aromatic nitrogens is 7. The lowest BCUT2D eigenvalue weighted by Gasteiger charge is -2.13. The van der Waals surface area contributed by atoms with E-state index in [-0.39, 0.29) is 0 Å². The van der Waals surface area contributed by atoms with Gasteiger partial charge in [-0.25, -0.2) is 24.9 Å². The highest BCUT2D eigenvalue weighted by molar-refractivity contribution is 6.19. The van der Waals surface area contributed by atoms with Crippen LogP contribution in [-0.4, -0.2) is 34.1 Å². The van der Waals surface area contributed by atoms with Crippen LogP contribution in [-0.2, 0) is 0 Å². The van der Waals surface area contributed by atoms with Crippen molar-refractivity contribution in [2.75, 3.05) is 0 Å². The van der Waals surface area contributed by atoms with Crippen molar-refractivity contribution in [2.24, 2.45) is 0 Å². The molecule has 0 saturated heterocycles. The van der Waals surface area contributed by atoms with Crippen molar-refractivity contribution >= 4 is 87.5 Å². The van der Waals surface area contributed by atoms with Gasteiger partial charge in [-0.2, -0.15) is 0 Å². The Morgan fingerprint density at radius 2 is 0.576 bits per heavy atom. The lowest BCUT2D eigenvalue weighted by atomic mass is 9.91. The number of hydrogen-bond donors (Lipinski definition) is 0. The van der Waals surface area contributed by atoms with Crippen LogP contribution in [0.15, 0.2) is 415 Å². The molecule has 0 aliphatic carbocycles. The largest absolute Gasteiger partial charge is 0.456 e. The first kappa shape index (κ1) is 67.7. The van der Waals surface area contributed by atoms with Crippen molar-refractivity contribution in [1.82, 2.24) is 34.1 Å². The van der Waals surface area contributed by atoms with E-state index < -0.39 is 0 Å². The monoisotopic (exact) mass is 1510 g/mol. The fourth-order valence-corrected chi connectivity index (χ4v) is 17.6. The molecule has 0 N–H and O–H groups in total. The molecule has 6 heterocycles. The Kier molecular flexibility index (Phi) is 16.1. The van der Waals surface area contributed by atoms with Crippen molar-refractivity contribution in [1.29, 1.82) is 0 Å². The SMILES string of the molecule is c1ccc(-c2cccc(-c3cc(-c4ccc5c(c4)c4ccccc4n5-c4ccc(-c5ccc(-n6c7ccccc7c7cc(-c8cc9c(cc8-c8ccccc8)oc8cccc(-c%10nc(-c%11ccccc%11)nc(-c%11ccccc%11)n%10)c89)ccc76)cc5)cc4)cc4c3oc3cccc(-c5cc(-c6ccccc6)nc(-c6ccccc6)n5)c34)c2)cc1. The maximum atomic E-state index is 7.15. The Morgan fingerprint density at radius 3 is 1.17 bits per heavy atom. The predicted molar refractivity (Wildman–Crippen MR) is 484 cm³/mol. The average molecular weight is 1510 g/mol. The van der Waals surface area contributed by atoms with Crippen LogP contribution in [0.1, 0.15) is 0 Å². The van der Waals surface area contributed by atoms with Gasteiger partial charge in [0, 0.05) is 93.4 Å². The van der Waals surface area contributed by atoms with Gasteiger partial charge in [0.25, 0.3) is 0 Å². The van der Waals surface area contributed by atoms with Gasteiger partial charge < -0.3 is 18.0 Å². The van der Waals surface area contributed by atoms with Gasteiger partial charge in [0.1, 0.15) is 22.3 Å². The number of para-hydroxylation sites is 2. The lowest BCUT2D eigenvalue weighted by molar-refractivity contribution is 0.669. The number of rotatable bonds is 14. The van der Waals surface area contributed by atoms with E-state index in [4.69, 9.17) is 33.8 Å². The zero-order valence-corrected chi connectivity index (χ0v) is 63.6. The topological polar surface area (TPSA) is 101 Å². The predicted octanol–water partition coefficient (Wildman–Crippen LogP) is 28.7. The van der Waals surface area contributed by atoms with Crippen molar-refractivity contribution in [2.45, 2.75) is 0 Å². The van der Waals surface area contributed by atoms with Gasteiger partial charge in [0.15, 0.2) is 23.3 Å². The summed E-state index contributed by atoms with van der Waals surface area (Å²) in [6, 6.07) is 144. The van der Waals surface area contributed by atoms with Gasteiger partial charge in [-0.3, -0.25) is 0 Å². The Labute approximate surface area is 678 Å². The Bertz CT molecular complexity index is 7760. The van der Waals surface area contributed by atoms with E-state index in [1.165, 1.54) is 10.8 Å². The smallest absolute Gasteiger partial charge is 0.164 e. The molecular formula is C109H67N7O2. The molecule has 0 fully saturated rings. The van der Waals surface area contributed by atoms with Crippen LogP contribution in [0.2, 0.25) is 0 Å². The molecule has 0 radical (unpaired) electrons. The summed E-state index contributed by atoms with van der Waals surface area (Å²) in [5, 5.41) is 8.56. The molecule has 118 heavy (non-hydrogen) atoms. The molecule has 17 aromatic carbocycles. The van der Waals surface area contributed by atoms with Crippen LogP contribution in [0.25, 0.3) is 234 Å². The third kappa shape index (κ3) is 11.7. The maximum Gasteiger partial charge on any atom is 0.164 e. The van der Waals surface area contributed by atoms with Crippen LogP contribution in [0.3, 0.4) is 0 Å². The molecule has 0 amide bonds. The molecule has 9 heteroatoms. The minimum atomic E-state index is 0.571. The van der Waals surface area contributed by atoms with E-state index in [9.17, 15) is 0 Å². The highest BCUT2D eigenvalue weighted by Crippen LogP contribution is 2.48. The van der Waals surface area contributed by atoms with E-state index in [1.54, 1.807) is 0 Å². The van der Waals surface area contributed by atoms with Crippen LogP contribution < -0.4 is 0 Å². The van der Waals surface area contributed by atoms with Gasteiger partial charge in [-0.05, 0) is 170 Å². The summed E-state index contributed by atoms with van der Waals surface area (Å²) in [4.78, 5) is 26.0. The van der Waals surface area contributed by atoms with Gasteiger partial charge >= 0.3 is 0 Å². The van der Waals surface area contributed by atoms with E-state index in [0.717, 1.165) is 200 Å². The molecule has 0 unspecified atom stereocenters. The average Bonchev–Trinajstić information content (AvgIpc) is 1.58. The van der Waals surface area contributed by atoms with Crippen LogP contribution in [0.5, 0.6) is 0 Å². The molecule has 0 spiro atoms. The molecular weight excluding hydrogens is 1440 g/mol. The summed E-state index contributed by atoms with van der Waals surface area (Å²) >= 11 is 0. The Hall–Kier alpha value is -16.0. The number of fused-ring (bicyclic) bond motifs is 12. The molecule has 23 rings (SSSR count).